The first-order valence-corrected chi connectivity index (χ1v) is 13.5. The SMILES string of the molecule is CC(C)N=C1O[C@H]2[C@H](O[C@@H]3CC[C@@H](C)C(=O)OC/C=C/C(=O)N(C)CCC[C@@]3(C)O)O[C@H](C)C[C@@H]2N1C. The van der Waals surface area contributed by atoms with E-state index in [1.807, 2.05) is 32.7 Å². The fourth-order valence-electron chi connectivity index (χ4n) is 5.03. The average Bonchev–Trinajstić information content (AvgIpc) is 3.12. The summed E-state index contributed by atoms with van der Waals surface area (Å²) in [7, 11) is 3.68. The van der Waals surface area contributed by atoms with E-state index in [0.717, 1.165) is 6.42 Å². The number of likely N-dealkylation sites (N-methyl/N-ethyl adjacent to an activating group) is 2. The summed E-state index contributed by atoms with van der Waals surface area (Å²) in [5.74, 6) is -0.920. The van der Waals surface area contributed by atoms with Crippen LogP contribution in [0, 0.1) is 5.92 Å². The second-order valence-corrected chi connectivity index (χ2v) is 11.2. The molecule has 2 saturated heterocycles. The number of carbonyl (C=O) groups excluding carboxylic acids is 2. The number of amides is 1. The van der Waals surface area contributed by atoms with Crippen molar-refractivity contribution in [1.29, 1.82) is 0 Å². The van der Waals surface area contributed by atoms with Gasteiger partial charge in [-0.05, 0) is 65.9 Å². The Kier molecular flexibility index (Phi) is 9.99. The van der Waals surface area contributed by atoms with Gasteiger partial charge in [0.1, 0.15) is 6.61 Å². The highest BCUT2D eigenvalue weighted by Gasteiger charge is 2.50. The van der Waals surface area contributed by atoms with Crippen molar-refractivity contribution in [3.05, 3.63) is 12.2 Å². The minimum atomic E-state index is -1.22. The number of aliphatic hydroxyl groups is 1. The van der Waals surface area contributed by atoms with Gasteiger partial charge >= 0.3 is 5.97 Å². The summed E-state index contributed by atoms with van der Waals surface area (Å²) in [6, 6.07) is 0.698. The van der Waals surface area contributed by atoms with Crippen LogP contribution < -0.4 is 0 Å². The van der Waals surface area contributed by atoms with Crippen LogP contribution >= 0.6 is 0 Å². The number of cyclic esters (lactones) is 1. The van der Waals surface area contributed by atoms with Gasteiger partial charge in [-0.2, -0.15) is 0 Å². The van der Waals surface area contributed by atoms with Crippen LogP contribution in [-0.2, 0) is 28.5 Å². The third kappa shape index (κ3) is 7.67. The number of ether oxygens (including phenoxy) is 4. The summed E-state index contributed by atoms with van der Waals surface area (Å²) in [6.45, 7) is 10.1. The minimum absolute atomic E-state index is 0.0412. The number of aliphatic imine (C=N–C) groups is 1. The Morgan fingerprint density at radius 2 is 1.95 bits per heavy atom. The highest BCUT2D eigenvalue weighted by Crippen LogP contribution is 2.35. The van der Waals surface area contributed by atoms with E-state index in [1.54, 1.807) is 31.9 Å². The maximum Gasteiger partial charge on any atom is 0.308 e. The normalized spacial score (nSPS) is 38.6. The van der Waals surface area contributed by atoms with Crippen LogP contribution in [0.3, 0.4) is 0 Å². The van der Waals surface area contributed by atoms with Gasteiger partial charge in [-0.3, -0.25) is 9.59 Å². The van der Waals surface area contributed by atoms with Crippen LogP contribution in [0.1, 0.15) is 66.7 Å². The lowest BCUT2D eigenvalue weighted by Crippen LogP contribution is -2.54. The molecule has 0 aromatic heterocycles. The Labute approximate surface area is 221 Å². The lowest BCUT2D eigenvalue weighted by atomic mass is 9.88. The van der Waals surface area contributed by atoms with Crippen LogP contribution in [0.15, 0.2) is 17.1 Å². The molecule has 0 unspecified atom stereocenters. The average molecular weight is 524 g/mol. The third-order valence-electron chi connectivity index (χ3n) is 7.39. The molecule has 10 heteroatoms. The molecule has 10 nitrogen and oxygen atoms in total. The molecular formula is C27H45N3O7. The molecule has 0 aromatic carbocycles. The first kappa shape index (κ1) is 29.4. The largest absolute Gasteiger partial charge is 0.461 e. The fourth-order valence-corrected chi connectivity index (χ4v) is 5.03. The van der Waals surface area contributed by atoms with E-state index in [1.165, 1.54) is 6.08 Å². The number of hydrogen-bond acceptors (Lipinski definition) is 8. The maximum absolute atomic E-state index is 12.5. The van der Waals surface area contributed by atoms with Gasteiger partial charge in [0.2, 0.25) is 5.91 Å². The molecule has 3 aliphatic rings. The molecule has 3 rings (SSSR count). The first-order valence-electron chi connectivity index (χ1n) is 13.5. The summed E-state index contributed by atoms with van der Waals surface area (Å²) < 4.78 is 24.3. The lowest BCUT2D eigenvalue weighted by Gasteiger charge is -2.41. The van der Waals surface area contributed by atoms with Crippen molar-refractivity contribution in [3.8, 4) is 0 Å². The molecule has 0 spiro atoms. The lowest BCUT2D eigenvalue weighted by molar-refractivity contribution is -0.275. The second-order valence-electron chi connectivity index (χ2n) is 11.2. The fraction of sp³-hybridized carbons (Fsp3) is 0.815. The Bertz CT molecular complexity index is 859. The molecule has 3 heterocycles. The van der Waals surface area contributed by atoms with Gasteiger partial charge in [-0.1, -0.05) is 6.92 Å². The van der Waals surface area contributed by atoms with Crippen molar-refractivity contribution < 1.29 is 33.6 Å². The number of hydrogen-bond donors (Lipinski definition) is 1. The highest BCUT2D eigenvalue weighted by molar-refractivity contribution is 5.87. The smallest absolute Gasteiger partial charge is 0.308 e. The Balaban J connectivity index is 1.80. The third-order valence-corrected chi connectivity index (χ3v) is 7.39. The van der Waals surface area contributed by atoms with E-state index in [9.17, 15) is 14.7 Å². The number of rotatable bonds is 3. The standard InChI is InChI=1S/C27H45N3O7/c1-17(2)28-26-30(7)20-16-19(4)35-25(23(20)37-26)36-21-12-11-18(3)24(32)34-15-8-10-22(31)29(6)14-9-13-27(21,5)33/h8,10,17-21,23,25,33H,9,11-16H2,1-7H3/b10-8+,28-26?/t18-,19-,20+,21-,23-,25+,27-/m1/s1. The molecule has 0 aliphatic carbocycles. The molecular weight excluding hydrogens is 478 g/mol. The van der Waals surface area contributed by atoms with E-state index in [0.29, 0.717) is 38.2 Å². The predicted octanol–water partition coefficient (Wildman–Crippen LogP) is 2.49. The zero-order chi connectivity index (χ0) is 27.3. The van der Waals surface area contributed by atoms with E-state index in [-0.39, 0.29) is 42.8 Å². The predicted molar refractivity (Wildman–Crippen MR) is 139 cm³/mol. The molecule has 1 amide bonds. The summed E-state index contributed by atoms with van der Waals surface area (Å²) >= 11 is 0. The van der Waals surface area contributed by atoms with Gasteiger partial charge in [0.15, 0.2) is 12.4 Å². The number of esters is 1. The summed E-state index contributed by atoms with van der Waals surface area (Å²) in [5.41, 5.74) is -1.22. The van der Waals surface area contributed by atoms with Crippen molar-refractivity contribution in [3.63, 3.8) is 0 Å². The summed E-state index contributed by atoms with van der Waals surface area (Å²) in [5, 5.41) is 11.6. The Morgan fingerprint density at radius 1 is 1.22 bits per heavy atom. The van der Waals surface area contributed by atoms with Crippen LogP contribution in [0.5, 0.6) is 0 Å². The van der Waals surface area contributed by atoms with Crippen molar-refractivity contribution in [2.75, 3.05) is 27.2 Å². The summed E-state index contributed by atoms with van der Waals surface area (Å²) in [6.07, 6.45) is 3.87. The van der Waals surface area contributed by atoms with Crippen molar-refractivity contribution in [2.45, 2.75) is 109 Å². The van der Waals surface area contributed by atoms with Gasteiger partial charge in [-0.15, -0.1) is 0 Å². The van der Waals surface area contributed by atoms with Gasteiger partial charge < -0.3 is 33.9 Å². The number of amidine groups is 1. The van der Waals surface area contributed by atoms with Gasteiger partial charge in [0, 0.05) is 32.8 Å². The van der Waals surface area contributed by atoms with Crippen molar-refractivity contribution in [1.82, 2.24) is 9.80 Å². The van der Waals surface area contributed by atoms with E-state index in [4.69, 9.17) is 18.9 Å². The molecule has 0 saturated carbocycles. The maximum atomic E-state index is 12.5. The zero-order valence-corrected chi connectivity index (χ0v) is 23.4. The van der Waals surface area contributed by atoms with E-state index >= 15 is 0 Å². The zero-order valence-electron chi connectivity index (χ0n) is 23.4. The number of carbonyl (C=O) groups is 2. The summed E-state index contributed by atoms with van der Waals surface area (Å²) in [4.78, 5) is 33.0. The van der Waals surface area contributed by atoms with Crippen LogP contribution in [0.4, 0.5) is 0 Å². The number of fused-ring (bicyclic) bond motifs is 1. The monoisotopic (exact) mass is 523 g/mol. The molecule has 1 N–H and O–H groups in total. The van der Waals surface area contributed by atoms with Crippen LogP contribution in [0.25, 0.3) is 0 Å². The van der Waals surface area contributed by atoms with Crippen LogP contribution in [-0.4, -0.2) is 102 Å². The second kappa shape index (κ2) is 12.6. The minimum Gasteiger partial charge on any atom is -0.461 e. The highest BCUT2D eigenvalue weighted by atomic mass is 16.7. The topological polar surface area (TPSA) is 110 Å². The molecule has 0 radical (unpaired) electrons. The molecule has 37 heavy (non-hydrogen) atoms. The molecule has 3 aliphatic heterocycles. The Morgan fingerprint density at radius 3 is 2.65 bits per heavy atom. The van der Waals surface area contributed by atoms with Crippen LogP contribution in [0.2, 0.25) is 0 Å². The molecule has 210 valence electrons. The van der Waals surface area contributed by atoms with E-state index in [2.05, 4.69) is 4.99 Å². The molecule has 0 bridgehead atoms. The van der Waals surface area contributed by atoms with Gasteiger partial charge in [-0.25, -0.2) is 4.99 Å². The first-order chi connectivity index (χ1) is 17.4. The molecule has 2 fully saturated rings. The van der Waals surface area contributed by atoms with Gasteiger partial charge in [0.05, 0.1) is 29.8 Å². The van der Waals surface area contributed by atoms with Crippen molar-refractivity contribution in [2.24, 2.45) is 10.9 Å². The van der Waals surface area contributed by atoms with Crippen molar-refractivity contribution >= 4 is 17.9 Å². The molecule has 7 atom stereocenters. The Hall–Kier alpha value is -2.17. The number of nitrogens with zero attached hydrogens (tertiary/aromatic N) is 3. The van der Waals surface area contributed by atoms with Gasteiger partial charge in [0.25, 0.3) is 6.02 Å². The molecule has 0 aromatic rings. The quantitative estimate of drug-likeness (QED) is 0.562. The van der Waals surface area contributed by atoms with E-state index < -0.39 is 23.9 Å².